The molecule has 1 saturated heterocycles. The SMILES string of the molecule is c1ccc(C2CCCn3nc(CC4[C@@H]5CC[C@H]4CNC5)nc32)cc1. The number of hydrogen-bond donors (Lipinski definition) is 1. The Hall–Kier alpha value is -1.68. The first-order valence-corrected chi connectivity index (χ1v) is 9.58. The number of rotatable bonds is 3. The smallest absolute Gasteiger partial charge is 0.151 e. The van der Waals surface area contributed by atoms with Crippen LogP contribution in [0, 0.1) is 17.8 Å². The first-order chi connectivity index (χ1) is 11.9. The summed E-state index contributed by atoms with van der Waals surface area (Å²) in [4.78, 5) is 5.03. The third-order valence-electron chi connectivity index (χ3n) is 6.47. The van der Waals surface area contributed by atoms with Gasteiger partial charge in [-0.05, 0) is 62.1 Å². The van der Waals surface area contributed by atoms with Gasteiger partial charge in [-0.25, -0.2) is 9.67 Å². The predicted octanol–water partition coefficient (Wildman–Crippen LogP) is 2.99. The van der Waals surface area contributed by atoms with Gasteiger partial charge in [0.1, 0.15) is 5.82 Å². The summed E-state index contributed by atoms with van der Waals surface area (Å²) in [6, 6.07) is 10.8. The highest BCUT2D eigenvalue weighted by atomic mass is 15.4. The molecule has 0 spiro atoms. The van der Waals surface area contributed by atoms with E-state index >= 15 is 0 Å². The summed E-state index contributed by atoms with van der Waals surface area (Å²) in [5.74, 6) is 5.19. The maximum absolute atomic E-state index is 5.03. The van der Waals surface area contributed by atoms with Gasteiger partial charge in [0, 0.05) is 18.9 Å². The van der Waals surface area contributed by atoms with E-state index in [2.05, 4.69) is 40.3 Å². The van der Waals surface area contributed by atoms with Gasteiger partial charge in [-0.3, -0.25) is 0 Å². The fraction of sp³-hybridized carbons (Fsp3) is 0.600. The molecule has 2 bridgehead atoms. The van der Waals surface area contributed by atoms with Crippen LogP contribution in [0.3, 0.4) is 0 Å². The van der Waals surface area contributed by atoms with E-state index in [0.717, 1.165) is 36.5 Å². The maximum Gasteiger partial charge on any atom is 0.151 e. The molecule has 1 aromatic carbocycles. The third-order valence-corrected chi connectivity index (χ3v) is 6.47. The van der Waals surface area contributed by atoms with Crippen molar-refractivity contribution < 1.29 is 0 Å². The predicted molar refractivity (Wildman–Crippen MR) is 93.8 cm³/mol. The zero-order valence-corrected chi connectivity index (χ0v) is 14.2. The summed E-state index contributed by atoms with van der Waals surface area (Å²) in [6.45, 7) is 3.42. The van der Waals surface area contributed by atoms with Crippen LogP contribution in [-0.4, -0.2) is 27.9 Å². The Morgan fingerprint density at radius 2 is 1.83 bits per heavy atom. The molecular formula is C20H26N4. The van der Waals surface area contributed by atoms with E-state index in [-0.39, 0.29) is 0 Å². The van der Waals surface area contributed by atoms with Gasteiger partial charge in [0.25, 0.3) is 0 Å². The van der Waals surface area contributed by atoms with Crippen molar-refractivity contribution in [2.24, 2.45) is 17.8 Å². The van der Waals surface area contributed by atoms with Crippen LogP contribution < -0.4 is 5.32 Å². The molecule has 2 aromatic rings. The highest BCUT2D eigenvalue weighted by Crippen LogP contribution is 2.41. The molecule has 0 radical (unpaired) electrons. The first kappa shape index (κ1) is 14.6. The van der Waals surface area contributed by atoms with Gasteiger partial charge in [-0.15, -0.1) is 0 Å². The van der Waals surface area contributed by atoms with E-state index in [1.54, 1.807) is 0 Å². The minimum Gasteiger partial charge on any atom is -0.316 e. The van der Waals surface area contributed by atoms with Crippen molar-refractivity contribution in [3.63, 3.8) is 0 Å². The number of piperidine rings is 1. The minimum atomic E-state index is 0.422. The van der Waals surface area contributed by atoms with Gasteiger partial charge in [-0.1, -0.05) is 30.3 Å². The van der Waals surface area contributed by atoms with Gasteiger partial charge in [0.2, 0.25) is 0 Å². The van der Waals surface area contributed by atoms with Crippen molar-refractivity contribution in [2.45, 2.75) is 44.6 Å². The van der Waals surface area contributed by atoms with E-state index < -0.39 is 0 Å². The standard InChI is InChI=1S/C20H26N4/c1-2-5-14(6-3-1)17-7-4-10-24-20(17)22-19(23-24)11-18-15-8-9-16(18)13-21-12-15/h1-3,5-6,15-18,21H,4,7-13H2/t15-,16+,17?,18?. The molecule has 4 heteroatoms. The lowest BCUT2D eigenvalue weighted by atomic mass is 9.83. The second-order valence-electron chi connectivity index (χ2n) is 7.84. The van der Waals surface area contributed by atoms with E-state index in [4.69, 9.17) is 10.1 Å². The summed E-state index contributed by atoms with van der Waals surface area (Å²) in [7, 11) is 0. The van der Waals surface area contributed by atoms with Crippen LogP contribution in [0.1, 0.15) is 48.8 Å². The number of nitrogens with one attached hydrogen (secondary N) is 1. The summed E-state index contributed by atoms with van der Waals surface area (Å²) >= 11 is 0. The number of fused-ring (bicyclic) bond motifs is 3. The maximum atomic E-state index is 5.03. The summed E-state index contributed by atoms with van der Waals surface area (Å²) in [5.41, 5.74) is 1.39. The lowest BCUT2D eigenvalue weighted by molar-refractivity contribution is 0.241. The average molecular weight is 322 g/mol. The Labute approximate surface area is 143 Å². The molecule has 3 aliphatic rings. The minimum absolute atomic E-state index is 0.422. The summed E-state index contributed by atoms with van der Waals surface area (Å²) in [6.07, 6.45) is 6.26. The number of hydrogen-bond acceptors (Lipinski definition) is 3. The van der Waals surface area contributed by atoms with Crippen molar-refractivity contribution in [3.8, 4) is 0 Å². The topological polar surface area (TPSA) is 42.7 Å². The second kappa shape index (κ2) is 5.99. The fourth-order valence-corrected chi connectivity index (χ4v) is 5.23. The fourth-order valence-electron chi connectivity index (χ4n) is 5.23. The monoisotopic (exact) mass is 322 g/mol. The molecule has 1 aromatic heterocycles. The Bertz CT molecular complexity index is 692. The van der Waals surface area contributed by atoms with Gasteiger partial charge >= 0.3 is 0 Å². The van der Waals surface area contributed by atoms with E-state index in [1.165, 1.54) is 50.2 Å². The lowest BCUT2D eigenvalue weighted by Gasteiger charge is -2.29. The van der Waals surface area contributed by atoms with Crippen LogP contribution >= 0.6 is 0 Å². The Balaban J connectivity index is 1.41. The highest BCUT2D eigenvalue weighted by Gasteiger charge is 2.39. The number of aromatic nitrogens is 3. The molecule has 24 heavy (non-hydrogen) atoms. The molecule has 0 amide bonds. The van der Waals surface area contributed by atoms with Crippen molar-refractivity contribution in [3.05, 3.63) is 47.5 Å². The van der Waals surface area contributed by atoms with E-state index in [0.29, 0.717) is 5.92 Å². The Kier molecular flexibility index (Phi) is 3.66. The van der Waals surface area contributed by atoms with Crippen LogP contribution in [0.15, 0.2) is 30.3 Å². The van der Waals surface area contributed by atoms with Gasteiger partial charge in [0.05, 0.1) is 0 Å². The number of aryl methyl sites for hydroxylation is 1. The van der Waals surface area contributed by atoms with Crippen molar-refractivity contribution in [2.75, 3.05) is 13.1 Å². The third kappa shape index (κ3) is 2.48. The molecule has 3 heterocycles. The molecule has 1 N–H and O–H groups in total. The summed E-state index contributed by atoms with van der Waals surface area (Å²) < 4.78 is 2.19. The molecule has 1 aliphatic carbocycles. The van der Waals surface area contributed by atoms with E-state index in [9.17, 15) is 0 Å². The zero-order valence-electron chi connectivity index (χ0n) is 14.2. The largest absolute Gasteiger partial charge is 0.316 e. The Morgan fingerprint density at radius 3 is 2.62 bits per heavy atom. The van der Waals surface area contributed by atoms with Crippen LogP contribution in [0.5, 0.6) is 0 Å². The second-order valence-corrected chi connectivity index (χ2v) is 7.84. The molecule has 4 atom stereocenters. The number of nitrogens with zero attached hydrogens (tertiary/aromatic N) is 3. The molecule has 2 unspecified atom stereocenters. The highest BCUT2D eigenvalue weighted by molar-refractivity contribution is 5.26. The van der Waals surface area contributed by atoms with Crippen molar-refractivity contribution in [1.82, 2.24) is 20.1 Å². The van der Waals surface area contributed by atoms with Crippen molar-refractivity contribution in [1.29, 1.82) is 0 Å². The van der Waals surface area contributed by atoms with Crippen LogP contribution in [0.25, 0.3) is 0 Å². The van der Waals surface area contributed by atoms with Gasteiger partial charge in [0.15, 0.2) is 5.82 Å². The molecule has 2 fully saturated rings. The average Bonchev–Trinajstić information content (AvgIpc) is 3.11. The quantitative estimate of drug-likeness (QED) is 0.944. The molecule has 126 valence electrons. The molecule has 2 aliphatic heterocycles. The van der Waals surface area contributed by atoms with E-state index in [1.807, 2.05) is 0 Å². The van der Waals surface area contributed by atoms with Crippen LogP contribution in [0.2, 0.25) is 0 Å². The van der Waals surface area contributed by atoms with Crippen LogP contribution in [0.4, 0.5) is 0 Å². The van der Waals surface area contributed by atoms with Gasteiger partial charge < -0.3 is 5.32 Å². The molecule has 5 rings (SSSR count). The summed E-state index contributed by atoms with van der Waals surface area (Å²) in [5, 5.41) is 8.50. The van der Waals surface area contributed by atoms with Crippen LogP contribution in [-0.2, 0) is 13.0 Å². The normalized spacial score (nSPS) is 31.8. The Morgan fingerprint density at radius 1 is 1.04 bits per heavy atom. The number of benzene rings is 1. The zero-order chi connectivity index (χ0) is 15.9. The lowest BCUT2D eigenvalue weighted by Crippen LogP contribution is -2.39. The molecule has 1 saturated carbocycles. The van der Waals surface area contributed by atoms with Gasteiger partial charge in [-0.2, -0.15) is 5.10 Å². The molecule has 4 nitrogen and oxygen atoms in total. The first-order valence-electron chi connectivity index (χ1n) is 9.58. The van der Waals surface area contributed by atoms with Crippen molar-refractivity contribution >= 4 is 0 Å². The molecular weight excluding hydrogens is 296 g/mol.